The van der Waals surface area contributed by atoms with E-state index in [-0.39, 0.29) is 5.38 Å². The molecule has 0 saturated carbocycles. The van der Waals surface area contributed by atoms with E-state index < -0.39 is 0 Å². The molecule has 0 amide bonds. The van der Waals surface area contributed by atoms with Crippen LogP contribution in [0.1, 0.15) is 50.4 Å². The zero-order valence-electron chi connectivity index (χ0n) is 13.4. The lowest BCUT2D eigenvalue weighted by molar-refractivity contribution is 0.0754. The molecule has 0 N–H and O–H groups in total. The minimum atomic E-state index is -0.0799. The van der Waals surface area contributed by atoms with Gasteiger partial charge < -0.3 is 9.30 Å². The number of alkyl halides is 1. The number of aromatic nitrogens is 2. The van der Waals surface area contributed by atoms with Crippen LogP contribution in [0, 0.1) is 6.92 Å². The summed E-state index contributed by atoms with van der Waals surface area (Å²) in [6.45, 7) is 10.0. The number of unbranched alkanes of at least 4 members (excludes halogenated alkanes) is 1. The molecule has 0 aliphatic heterocycles. The number of benzene rings is 1. The molecule has 0 spiro atoms. The second kappa shape index (κ2) is 7.28. The lowest BCUT2D eigenvalue weighted by Gasteiger charge is -2.12. The van der Waals surface area contributed by atoms with Gasteiger partial charge in [-0.15, -0.1) is 11.6 Å². The summed E-state index contributed by atoms with van der Waals surface area (Å²) < 4.78 is 7.87. The Hall–Kier alpha value is -1.06. The fraction of sp³-hybridized carbons (Fsp3) is 0.588. The van der Waals surface area contributed by atoms with Crippen LogP contribution in [0.3, 0.4) is 0 Å². The van der Waals surface area contributed by atoms with Crippen LogP contribution in [0.5, 0.6) is 0 Å². The Morgan fingerprint density at radius 3 is 2.67 bits per heavy atom. The molecule has 0 saturated heterocycles. The van der Waals surface area contributed by atoms with E-state index in [1.54, 1.807) is 0 Å². The number of imidazole rings is 1. The average molecular weight is 309 g/mol. The highest BCUT2D eigenvalue weighted by Crippen LogP contribution is 2.27. The second-order valence-electron chi connectivity index (χ2n) is 5.81. The Bertz CT molecular complexity index is 590. The first-order chi connectivity index (χ1) is 10.0. The summed E-state index contributed by atoms with van der Waals surface area (Å²) in [7, 11) is 0. The number of hydrogen-bond donors (Lipinski definition) is 0. The average Bonchev–Trinajstić information content (AvgIpc) is 2.78. The molecule has 116 valence electrons. The van der Waals surface area contributed by atoms with E-state index in [0.29, 0.717) is 6.10 Å². The van der Waals surface area contributed by atoms with Crippen molar-refractivity contribution < 1.29 is 4.74 Å². The van der Waals surface area contributed by atoms with Crippen molar-refractivity contribution in [1.29, 1.82) is 0 Å². The maximum atomic E-state index is 6.31. The van der Waals surface area contributed by atoms with Gasteiger partial charge in [-0.2, -0.15) is 0 Å². The number of fused-ring (bicyclic) bond motifs is 1. The molecule has 1 aromatic carbocycles. The Morgan fingerprint density at radius 1 is 1.24 bits per heavy atom. The van der Waals surface area contributed by atoms with Crippen LogP contribution in [-0.2, 0) is 11.3 Å². The van der Waals surface area contributed by atoms with Gasteiger partial charge in [-0.1, -0.05) is 12.1 Å². The normalized spacial score (nSPS) is 13.2. The maximum absolute atomic E-state index is 6.31. The van der Waals surface area contributed by atoms with Crippen LogP contribution in [-0.4, -0.2) is 22.3 Å². The Kier molecular flexibility index (Phi) is 5.65. The van der Waals surface area contributed by atoms with Crippen LogP contribution in [0.2, 0.25) is 0 Å². The van der Waals surface area contributed by atoms with Crippen molar-refractivity contribution in [1.82, 2.24) is 9.55 Å². The molecule has 1 aromatic heterocycles. The van der Waals surface area contributed by atoms with E-state index in [1.807, 2.05) is 13.0 Å². The summed E-state index contributed by atoms with van der Waals surface area (Å²) in [5.41, 5.74) is 3.50. The predicted molar refractivity (Wildman–Crippen MR) is 89.1 cm³/mol. The number of halogens is 1. The predicted octanol–water partition coefficient (Wildman–Crippen LogP) is 4.85. The Labute approximate surface area is 132 Å². The van der Waals surface area contributed by atoms with Crippen LogP contribution in [0.4, 0.5) is 0 Å². The molecule has 2 rings (SSSR count). The highest BCUT2D eigenvalue weighted by molar-refractivity contribution is 6.20. The van der Waals surface area contributed by atoms with Crippen molar-refractivity contribution in [2.45, 2.75) is 58.6 Å². The molecule has 21 heavy (non-hydrogen) atoms. The largest absolute Gasteiger partial charge is 0.379 e. The molecular weight excluding hydrogens is 284 g/mol. The molecule has 0 radical (unpaired) electrons. The molecule has 1 atom stereocenters. The van der Waals surface area contributed by atoms with Gasteiger partial charge in [0.05, 0.1) is 22.5 Å². The van der Waals surface area contributed by atoms with Crippen molar-refractivity contribution in [2.24, 2.45) is 0 Å². The first-order valence-electron chi connectivity index (χ1n) is 7.72. The second-order valence-corrected chi connectivity index (χ2v) is 6.46. The molecule has 2 aromatic rings. The summed E-state index contributed by atoms with van der Waals surface area (Å²) in [5, 5.41) is -0.0799. The lowest BCUT2D eigenvalue weighted by atomic mass is 10.2. The standard InChI is InChI=1S/C17H25ClN2O/c1-12(2)21-11-6-5-10-20-16-13(3)8-7-9-15(16)19-17(20)14(4)18/h7-9,12,14H,5-6,10-11H2,1-4H3. The highest BCUT2D eigenvalue weighted by atomic mass is 35.5. The van der Waals surface area contributed by atoms with E-state index in [4.69, 9.17) is 21.3 Å². The number of nitrogens with zero attached hydrogens (tertiary/aromatic N) is 2. The van der Waals surface area contributed by atoms with E-state index >= 15 is 0 Å². The zero-order valence-corrected chi connectivity index (χ0v) is 14.2. The van der Waals surface area contributed by atoms with Crippen LogP contribution in [0.15, 0.2) is 18.2 Å². The SMILES string of the molecule is Cc1cccc2nc(C(C)Cl)n(CCCCOC(C)C)c12. The van der Waals surface area contributed by atoms with Gasteiger partial charge in [-0.05, 0) is 52.2 Å². The van der Waals surface area contributed by atoms with Gasteiger partial charge in [0.25, 0.3) is 0 Å². The van der Waals surface area contributed by atoms with Gasteiger partial charge in [0.2, 0.25) is 0 Å². The first kappa shape index (κ1) is 16.3. The number of hydrogen-bond acceptors (Lipinski definition) is 2. The lowest BCUT2D eigenvalue weighted by Crippen LogP contribution is -2.08. The molecular formula is C17H25ClN2O. The van der Waals surface area contributed by atoms with Gasteiger partial charge >= 0.3 is 0 Å². The van der Waals surface area contributed by atoms with Gasteiger partial charge in [0.15, 0.2) is 0 Å². The molecule has 0 fully saturated rings. The fourth-order valence-corrected chi connectivity index (χ4v) is 2.77. The number of rotatable bonds is 7. The molecule has 1 heterocycles. The van der Waals surface area contributed by atoms with Crippen LogP contribution >= 0.6 is 11.6 Å². The quantitative estimate of drug-likeness (QED) is 0.540. The molecule has 0 aliphatic rings. The third-order valence-electron chi connectivity index (χ3n) is 3.58. The van der Waals surface area contributed by atoms with E-state index in [0.717, 1.165) is 37.3 Å². The fourth-order valence-electron chi connectivity index (χ4n) is 2.60. The minimum Gasteiger partial charge on any atom is -0.379 e. The molecule has 0 bridgehead atoms. The Morgan fingerprint density at radius 2 is 2.00 bits per heavy atom. The monoisotopic (exact) mass is 308 g/mol. The van der Waals surface area contributed by atoms with Gasteiger partial charge in [0.1, 0.15) is 5.82 Å². The third kappa shape index (κ3) is 3.98. The number of ether oxygens (including phenoxy) is 1. The summed E-state index contributed by atoms with van der Waals surface area (Å²) in [4.78, 5) is 4.70. The van der Waals surface area contributed by atoms with Crippen molar-refractivity contribution >= 4 is 22.6 Å². The van der Waals surface area contributed by atoms with Gasteiger partial charge in [-0.3, -0.25) is 0 Å². The zero-order chi connectivity index (χ0) is 15.4. The third-order valence-corrected chi connectivity index (χ3v) is 3.78. The number of para-hydroxylation sites is 1. The summed E-state index contributed by atoms with van der Waals surface area (Å²) in [6, 6.07) is 6.24. The van der Waals surface area contributed by atoms with Crippen molar-refractivity contribution in [2.75, 3.05) is 6.61 Å². The summed E-state index contributed by atoms with van der Waals surface area (Å²) >= 11 is 6.31. The molecule has 3 nitrogen and oxygen atoms in total. The van der Waals surface area contributed by atoms with Crippen molar-refractivity contribution in [3.63, 3.8) is 0 Å². The number of aryl methyl sites for hydroxylation is 2. The molecule has 0 aliphatic carbocycles. The minimum absolute atomic E-state index is 0.0799. The van der Waals surface area contributed by atoms with Gasteiger partial charge in [0, 0.05) is 13.2 Å². The smallest absolute Gasteiger partial charge is 0.127 e. The maximum Gasteiger partial charge on any atom is 0.127 e. The highest BCUT2D eigenvalue weighted by Gasteiger charge is 2.15. The van der Waals surface area contributed by atoms with Gasteiger partial charge in [-0.25, -0.2) is 4.98 Å². The molecule has 4 heteroatoms. The summed E-state index contributed by atoms with van der Waals surface area (Å²) in [5.74, 6) is 0.964. The summed E-state index contributed by atoms with van der Waals surface area (Å²) in [6.07, 6.45) is 2.43. The van der Waals surface area contributed by atoms with Crippen LogP contribution in [0.25, 0.3) is 11.0 Å². The topological polar surface area (TPSA) is 27.1 Å². The van der Waals surface area contributed by atoms with Crippen LogP contribution < -0.4 is 0 Å². The van der Waals surface area contributed by atoms with Crippen molar-refractivity contribution in [3.8, 4) is 0 Å². The molecule has 1 unspecified atom stereocenters. The van der Waals surface area contributed by atoms with E-state index in [2.05, 4.69) is 37.5 Å². The van der Waals surface area contributed by atoms with E-state index in [9.17, 15) is 0 Å². The Balaban J connectivity index is 2.15. The first-order valence-corrected chi connectivity index (χ1v) is 8.15. The van der Waals surface area contributed by atoms with Crippen molar-refractivity contribution in [3.05, 3.63) is 29.6 Å². The van der Waals surface area contributed by atoms with E-state index in [1.165, 1.54) is 11.1 Å².